The molecule has 2 N–H and O–H groups in total. The molecular formula is C15H24O8S. The Labute approximate surface area is 141 Å². The second-order valence-corrected chi connectivity index (χ2v) is 7.04. The number of carboxylic acid groups (broad SMARTS) is 2. The third-order valence-electron chi connectivity index (χ3n) is 3.23. The van der Waals surface area contributed by atoms with Gasteiger partial charge in [0.15, 0.2) is 0 Å². The van der Waals surface area contributed by atoms with E-state index >= 15 is 0 Å². The smallest absolute Gasteiger partial charge is 0.326 e. The number of allylic oxidation sites excluding steroid dienone is 1. The van der Waals surface area contributed by atoms with Gasteiger partial charge in [0.05, 0.1) is 6.42 Å². The second-order valence-electron chi connectivity index (χ2n) is 5.32. The largest absolute Gasteiger partial charge is 0.481 e. The summed E-state index contributed by atoms with van der Waals surface area (Å²) in [6.07, 6.45) is 6.64. The summed E-state index contributed by atoms with van der Waals surface area (Å²) < 4.78 is 27.5. The molecule has 0 saturated heterocycles. The molecular weight excluding hydrogens is 340 g/mol. The molecule has 8 nitrogen and oxygen atoms in total. The fourth-order valence-corrected chi connectivity index (χ4v) is 3.02. The van der Waals surface area contributed by atoms with Crippen molar-refractivity contribution in [3.63, 3.8) is 0 Å². The van der Waals surface area contributed by atoms with Crippen LogP contribution >= 0.6 is 0 Å². The number of aliphatic carboxylic acids is 2. The van der Waals surface area contributed by atoms with Gasteiger partial charge in [-0.3, -0.25) is 14.4 Å². The SMILES string of the molecule is C=CCCCCCCCCC(=O)OS(=O)(=O)C(CC(=O)O)C(=O)O. The summed E-state index contributed by atoms with van der Waals surface area (Å²) in [6.45, 7) is 3.63. The molecule has 1 unspecified atom stereocenters. The first-order valence-corrected chi connectivity index (χ1v) is 9.19. The Morgan fingerprint density at radius 2 is 1.54 bits per heavy atom. The molecule has 0 heterocycles. The first-order chi connectivity index (χ1) is 11.2. The number of rotatable bonds is 14. The summed E-state index contributed by atoms with van der Waals surface area (Å²) in [4.78, 5) is 32.8. The van der Waals surface area contributed by atoms with Crippen LogP contribution < -0.4 is 0 Å². The van der Waals surface area contributed by atoms with Gasteiger partial charge in [0.2, 0.25) is 5.25 Å². The first-order valence-electron chi connectivity index (χ1n) is 7.72. The van der Waals surface area contributed by atoms with Crippen molar-refractivity contribution in [2.24, 2.45) is 0 Å². The van der Waals surface area contributed by atoms with E-state index in [9.17, 15) is 22.8 Å². The molecule has 0 aromatic carbocycles. The van der Waals surface area contributed by atoms with Gasteiger partial charge in [0.25, 0.3) is 0 Å². The van der Waals surface area contributed by atoms with E-state index in [0.717, 1.165) is 38.5 Å². The lowest BCUT2D eigenvalue weighted by Crippen LogP contribution is -2.35. The molecule has 1 atom stereocenters. The number of carboxylic acids is 2. The van der Waals surface area contributed by atoms with Crippen LogP contribution in [0.4, 0.5) is 0 Å². The second kappa shape index (κ2) is 11.6. The van der Waals surface area contributed by atoms with Crippen LogP contribution in [0.15, 0.2) is 12.7 Å². The van der Waals surface area contributed by atoms with Gasteiger partial charge in [-0.2, -0.15) is 8.42 Å². The monoisotopic (exact) mass is 364 g/mol. The van der Waals surface area contributed by atoms with Crippen molar-refractivity contribution in [2.45, 2.75) is 63.0 Å². The van der Waals surface area contributed by atoms with Crippen molar-refractivity contribution in [1.82, 2.24) is 0 Å². The quantitative estimate of drug-likeness (QED) is 0.272. The van der Waals surface area contributed by atoms with E-state index < -0.39 is 39.7 Å². The minimum absolute atomic E-state index is 0.161. The number of carbonyl (C=O) groups excluding carboxylic acids is 1. The fraction of sp³-hybridized carbons (Fsp3) is 0.667. The molecule has 0 aliphatic rings. The Hall–Kier alpha value is -1.90. The number of hydrogen-bond donors (Lipinski definition) is 2. The van der Waals surface area contributed by atoms with Crippen molar-refractivity contribution in [3.05, 3.63) is 12.7 Å². The summed E-state index contributed by atoms with van der Waals surface area (Å²) in [5.41, 5.74) is 0. The highest BCUT2D eigenvalue weighted by Gasteiger charge is 2.37. The third kappa shape index (κ3) is 9.98. The van der Waals surface area contributed by atoms with E-state index in [2.05, 4.69) is 10.8 Å². The van der Waals surface area contributed by atoms with Crippen molar-refractivity contribution in [1.29, 1.82) is 0 Å². The van der Waals surface area contributed by atoms with Crippen LogP contribution in [0.3, 0.4) is 0 Å². The minimum atomic E-state index is -4.81. The Kier molecular flexibility index (Phi) is 10.7. The van der Waals surface area contributed by atoms with Crippen LogP contribution in [0.25, 0.3) is 0 Å². The summed E-state index contributed by atoms with van der Waals surface area (Å²) in [6, 6.07) is 0. The van der Waals surface area contributed by atoms with Gasteiger partial charge in [0, 0.05) is 6.42 Å². The highest BCUT2D eigenvalue weighted by molar-refractivity contribution is 7.88. The zero-order chi connectivity index (χ0) is 18.6. The topological polar surface area (TPSA) is 135 Å². The third-order valence-corrected chi connectivity index (χ3v) is 4.72. The van der Waals surface area contributed by atoms with Crippen molar-refractivity contribution in [2.75, 3.05) is 0 Å². The zero-order valence-corrected chi connectivity index (χ0v) is 14.3. The minimum Gasteiger partial charge on any atom is -0.481 e. The summed E-state index contributed by atoms with van der Waals surface area (Å²) >= 11 is 0. The predicted molar refractivity (Wildman–Crippen MR) is 85.8 cm³/mol. The molecule has 0 radical (unpaired) electrons. The van der Waals surface area contributed by atoms with E-state index in [4.69, 9.17) is 10.2 Å². The maximum absolute atomic E-state index is 11.7. The number of unbranched alkanes of at least 4 members (excludes halogenated alkanes) is 6. The van der Waals surface area contributed by atoms with Crippen LogP contribution in [0.5, 0.6) is 0 Å². The molecule has 0 aliphatic heterocycles. The maximum atomic E-state index is 11.7. The van der Waals surface area contributed by atoms with Crippen molar-refractivity contribution in [3.8, 4) is 0 Å². The molecule has 0 amide bonds. The average Bonchev–Trinajstić information content (AvgIpc) is 2.46. The summed E-state index contributed by atoms with van der Waals surface area (Å²) in [5, 5.41) is 15.0. The zero-order valence-electron chi connectivity index (χ0n) is 13.5. The number of carbonyl (C=O) groups is 3. The lowest BCUT2D eigenvalue weighted by Gasteiger charge is -2.11. The number of hydrogen-bond acceptors (Lipinski definition) is 6. The lowest BCUT2D eigenvalue weighted by molar-refractivity contribution is -0.143. The van der Waals surface area contributed by atoms with Crippen LogP contribution in [-0.2, 0) is 28.7 Å². The standard InChI is InChI=1S/C15H24O8S/c1-2-3-4-5-6-7-8-9-10-14(18)23-24(21,22)12(15(19)20)11-13(16)17/h2,12H,1,3-11H2,(H,16,17)(H,19,20). The molecule has 24 heavy (non-hydrogen) atoms. The van der Waals surface area contributed by atoms with Gasteiger partial charge < -0.3 is 14.4 Å². The van der Waals surface area contributed by atoms with Crippen molar-refractivity contribution >= 4 is 28.0 Å². The average molecular weight is 364 g/mol. The lowest BCUT2D eigenvalue weighted by atomic mass is 10.1. The normalized spacial score (nSPS) is 12.3. The fourth-order valence-electron chi connectivity index (χ4n) is 1.97. The summed E-state index contributed by atoms with van der Waals surface area (Å²) in [5.74, 6) is -4.55. The Bertz CT molecular complexity index is 538. The van der Waals surface area contributed by atoms with Crippen molar-refractivity contribution < 1.29 is 37.2 Å². The van der Waals surface area contributed by atoms with Crippen LogP contribution in [0, 0.1) is 0 Å². The predicted octanol–water partition coefficient (Wildman–Crippen LogP) is 2.09. The molecule has 9 heteroatoms. The molecule has 0 rings (SSSR count). The van der Waals surface area contributed by atoms with Gasteiger partial charge >= 0.3 is 28.0 Å². The molecule has 0 aromatic heterocycles. The summed E-state index contributed by atoms with van der Waals surface area (Å²) in [7, 11) is -4.81. The molecule has 138 valence electrons. The van der Waals surface area contributed by atoms with Gasteiger partial charge in [-0.15, -0.1) is 6.58 Å². The van der Waals surface area contributed by atoms with Gasteiger partial charge in [-0.1, -0.05) is 31.8 Å². The van der Waals surface area contributed by atoms with Crippen LogP contribution in [0.2, 0.25) is 0 Å². The van der Waals surface area contributed by atoms with E-state index in [1.807, 2.05) is 6.08 Å². The highest BCUT2D eigenvalue weighted by atomic mass is 32.2. The van der Waals surface area contributed by atoms with E-state index in [1.165, 1.54) is 0 Å². The van der Waals surface area contributed by atoms with Gasteiger partial charge in [-0.25, -0.2) is 0 Å². The molecule has 0 fully saturated rings. The van der Waals surface area contributed by atoms with Crippen LogP contribution in [0.1, 0.15) is 57.8 Å². The molecule has 0 bridgehead atoms. The molecule has 0 aliphatic carbocycles. The van der Waals surface area contributed by atoms with Gasteiger partial charge in [0.1, 0.15) is 0 Å². The van der Waals surface area contributed by atoms with E-state index in [0.29, 0.717) is 6.42 Å². The van der Waals surface area contributed by atoms with Crippen LogP contribution in [-0.4, -0.2) is 41.8 Å². The highest BCUT2D eigenvalue weighted by Crippen LogP contribution is 2.13. The van der Waals surface area contributed by atoms with E-state index in [-0.39, 0.29) is 6.42 Å². The molecule has 0 saturated carbocycles. The first kappa shape index (κ1) is 22.1. The maximum Gasteiger partial charge on any atom is 0.326 e. The Morgan fingerprint density at radius 3 is 2.04 bits per heavy atom. The van der Waals surface area contributed by atoms with Gasteiger partial charge in [-0.05, 0) is 19.3 Å². The van der Waals surface area contributed by atoms with E-state index in [1.54, 1.807) is 0 Å². The Balaban J connectivity index is 4.18. The molecule has 0 spiro atoms. The molecule has 0 aromatic rings. The Morgan fingerprint density at radius 1 is 1.00 bits per heavy atom.